The van der Waals surface area contributed by atoms with Gasteiger partial charge < -0.3 is 20.3 Å². The van der Waals surface area contributed by atoms with Gasteiger partial charge in [-0.2, -0.15) is 0 Å². The summed E-state index contributed by atoms with van der Waals surface area (Å²) in [5.41, 5.74) is 5.63. The summed E-state index contributed by atoms with van der Waals surface area (Å²) in [6.45, 7) is 9.71. The molecule has 1 fully saturated rings. The smallest absolute Gasteiger partial charge is 0.409 e. The number of hydrogen-bond donors (Lipinski definition) is 1. The number of rotatable bonds is 4. The molecule has 5 nitrogen and oxygen atoms in total. The topological polar surface area (TPSA) is 58.8 Å². The number of carbonyl (C=O) groups is 1. The van der Waals surface area contributed by atoms with Crippen LogP contribution >= 0.6 is 0 Å². The summed E-state index contributed by atoms with van der Waals surface area (Å²) in [6.07, 6.45) is 0.831. The van der Waals surface area contributed by atoms with Crippen LogP contribution in [0.4, 0.5) is 4.79 Å². The fourth-order valence-corrected chi connectivity index (χ4v) is 2.07. The van der Waals surface area contributed by atoms with Crippen molar-refractivity contribution in [1.82, 2.24) is 9.80 Å². The summed E-state index contributed by atoms with van der Waals surface area (Å²) in [5, 5.41) is 0. The molecule has 1 aliphatic rings. The molecule has 0 aliphatic carbocycles. The Morgan fingerprint density at radius 2 is 2.12 bits per heavy atom. The van der Waals surface area contributed by atoms with E-state index in [2.05, 4.69) is 11.8 Å². The molecule has 2 N–H and O–H groups in total. The summed E-state index contributed by atoms with van der Waals surface area (Å²) in [5.74, 6) is 0.518. The zero-order chi connectivity index (χ0) is 12.7. The van der Waals surface area contributed by atoms with Gasteiger partial charge in [0, 0.05) is 26.2 Å². The van der Waals surface area contributed by atoms with Crippen LogP contribution in [0.3, 0.4) is 0 Å². The third-order valence-electron chi connectivity index (χ3n) is 3.09. The molecule has 0 saturated carbocycles. The minimum absolute atomic E-state index is 0.179. The van der Waals surface area contributed by atoms with Crippen molar-refractivity contribution >= 4 is 6.09 Å². The summed E-state index contributed by atoms with van der Waals surface area (Å²) in [6, 6.07) is 0. The number of nitrogens with two attached hydrogens (primary N) is 1. The molecule has 1 rings (SSSR count). The highest BCUT2D eigenvalue weighted by molar-refractivity contribution is 5.67. The lowest BCUT2D eigenvalue weighted by Gasteiger charge is -2.23. The lowest BCUT2D eigenvalue weighted by molar-refractivity contribution is 0.108. The predicted molar refractivity (Wildman–Crippen MR) is 67.9 cm³/mol. The molecule has 5 heteroatoms. The Kier molecular flexibility index (Phi) is 6.29. The van der Waals surface area contributed by atoms with Crippen LogP contribution in [0, 0.1) is 5.92 Å². The maximum absolute atomic E-state index is 11.6. The Morgan fingerprint density at radius 1 is 1.35 bits per heavy atom. The van der Waals surface area contributed by atoms with Crippen LogP contribution in [0.1, 0.15) is 20.3 Å². The highest BCUT2D eigenvalue weighted by Crippen LogP contribution is 2.07. The number of ether oxygens (including phenoxy) is 1. The van der Waals surface area contributed by atoms with Crippen molar-refractivity contribution in [1.29, 1.82) is 0 Å². The normalized spacial score (nSPS) is 19.8. The number of nitrogens with zero attached hydrogens (tertiary/aromatic N) is 2. The fourth-order valence-electron chi connectivity index (χ4n) is 2.07. The number of carbonyl (C=O) groups excluding carboxylic acids is 1. The lowest BCUT2D eigenvalue weighted by Crippen LogP contribution is -2.37. The highest BCUT2D eigenvalue weighted by Gasteiger charge is 2.20. The molecule has 0 aromatic heterocycles. The highest BCUT2D eigenvalue weighted by atomic mass is 16.6. The van der Waals surface area contributed by atoms with Crippen LogP contribution in [0.2, 0.25) is 0 Å². The largest absolute Gasteiger partial charge is 0.450 e. The molecule has 1 amide bonds. The Hall–Kier alpha value is -0.810. The monoisotopic (exact) mass is 243 g/mol. The van der Waals surface area contributed by atoms with Crippen LogP contribution < -0.4 is 5.73 Å². The fraction of sp³-hybridized carbons (Fsp3) is 0.917. The van der Waals surface area contributed by atoms with Crippen LogP contribution in [-0.2, 0) is 4.74 Å². The predicted octanol–water partition coefficient (Wildman–Crippen LogP) is 0.745. The Morgan fingerprint density at radius 3 is 2.76 bits per heavy atom. The molecule has 100 valence electrons. The van der Waals surface area contributed by atoms with E-state index in [1.54, 1.807) is 4.90 Å². The third kappa shape index (κ3) is 4.91. The van der Waals surface area contributed by atoms with Gasteiger partial charge in [-0.05, 0) is 32.4 Å². The van der Waals surface area contributed by atoms with Gasteiger partial charge in [-0.3, -0.25) is 0 Å². The second kappa shape index (κ2) is 7.50. The van der Waals surface area contributed by atoms with E-state index >= 15 is 0 Å². The first kappa shape index (κ1) is 14.3. The van der Waals surface area contributed by atoms with E-state index < -0.39 is 0 Å². The molecule has 17 heavy (non-hydrogen) atoms. The molecule has 0 spiro atoms. The van der Waals surface area contributed by atoms with Crippen molar-refractivity contribution in [2.75, 3.05) is 45.9 Å². The van der Waals surface area contributed by atoms with Gasteiger partial charge in [0.1, 0.15) is 0 Å². The van der Waals surface area contributed by atoms with Gasteiger partial charge in [0.05, 0.1) is 6.61 Å². The van der Waals surface area contributed by atoms with Crippen LogP contribution in [-0.4, -0.2) is 61.8 Å². The zero-order valence-electron chi connectivity index (χ0n) is 11.0. The third-order valence-corrected chi connectivity index (χ3v) is 3.09. The van der Waals surface area contributed by atoms with E-state index in [9.17, 15) is 4.79 Å². The summed E-state index contributed by atoms with van der Waals surface area (Å²) < 4.78 is 5.02. The Labute approximate surface area is 104 Å². The minimum atomic E-state index is -0.179. The first-order chi connectivity index (χ1) is 8.17. The molecule has 1 aliphatic heterocycles. The van der Waals surface area contributed by atoms with E-state index in [0.29, 0.717) is 12.5 Å². The average molecular weight is 243 g/mol. The molecular formula is C12H25N3O2. The number of amides is 1. The van der Waals surface area contributed by atoms with Crippen molar-refractivity contribution in [3.63, 3.8) is 0 Å². The minimum Gasteiger partial charge on any atom is -0.450 e. The quantitative estimate of drug-likeness (QED) is 0.791. The van der Waals surface area contributed by atoms with Gasteiger partial charge in [-0.15, -0.1) is 0 Å². The Bertz CT molecular complexity index is 236. The molecule has 0 aromatic carbocycles. The van der Waals surface area contributed by atoms with Gasteiger partial charge >= 0.3 is 6.09 Å². The summed E-state index contributed by atoms with van der Waals surface area (Å²) >= 11 is 0. The molecule has 1 heterocycles. The van der Waals surface area contributed by atoms with E-state index in [1.807, 2.05) is 6.92 Å². The van der Waals surface area contributed by atoms with Crippen molar-refractivity contribution in [2.24, 2.45) is 11.7 Å². The maximum Gasteiger partial charge on any atom is 0.409 e. The van der Waals surface area contributed by atoms with Crippen LogP contribution in [0.25, 0.3) is 0 Å². The molecular weight excluding hydrogens is 218 g/mol. The second-order valence-electron chi connectivity index (χ2n) is 4.68. The van der Waals surface area contributed by atoms with Crippen molar-refractivity contribution < 1.29 is 9.53 Å². The van der Waals surface area contributed by atoms with Crippen molar-refractivity contribution in [2.45, 2.75) is 20.3 Å². The van der Waals surface area contributed by atoms with Gasteiger partial charge in [-0.1, -0.05) is 6.92 Å². The SMILES string of the molecule is CCOC(=O)N1CCCN(CC(C)CN)CC1. The standard InChI is InChI=1S/C12H25N3O2/c1-3-17-12(16)15-6-4-5-14(7-8-15)10-11(2)9-13/h11H,3-10,13H2,1-2H3. The Balaban J connectivity index is 2.36. The molecule has 1 atom stereocenters. The molecule has 0 radical (unpaired) electrons. The first-order valence-electron chi connectivity index (χ1n) is 6.51. The van der Waals surface area contributed by atoms with E-state index in [0.717, 1.165) is 45.7 Å². The molecule has 0 bridgehead atoms. The molecule has 1 unspecified atom stereocenters. The summed E-state index contributed by atoms with van der Waals surface area (Å²) in [7, 11) is 0. The van der Waals surface area contributed by atoms with Crippen LogP contribution in [0.15, 0.2) is 0 Å². The van der Waals surface area contributed by atoms with Crippen molar-refractivity contribution in [3.8, 4) is 0 Å². The van der Waals surface area contributed by atoms with Gasteiger partial charge in [0.15, 0.2) is 0 Å². The van der Waals surface area contributed by atoms with Crippen molar-refractivity contribution in [3.05, 3.63) is 0 Å². The summed E-state index contributed by atoms with van der Waals surface area (Å²) in [4.78, 5) is 15.8. The molecule has 0 aromatic rings. The van der Waals surface area contributed by atoms with Gasteiger partial charge in [0.25, 0.3) is 0 Å². The maximum atomic E-state index is 11.6. The number of hydrogen-bond acceptors (Lipinski definition) is 4. The van der Waals surface area contributed by atoms with Gasteiger partial charge in [-0.25, -0.2) is 4.79 Å². The van der Waals surface area contributed by atoms with Crippen LogP contribution in [0.5, 0.6) is 0 Å². The van der Waals surface area contributed by atoms with E-state index in [-0.39, 0.29) is 6.09 Å². The van der Waals surface area contributed by atoms with Gasteiger partial charge in [0.2, 0.25) is 0 Å². The second-order valence-corrected chi connectivity index (χ2v) is 4.68. The lowest BCUT2D eigenvalue weighted by atomic mass is 10.1. The average Bonchev–Trinajstić information content (AvgIpc) is 2.55. The zero-order valence-corrected chi connectivity index (χ0v) is 11.0. The first-order valence-corrected chi connectivity index (χ1v) is 6.51. The molecule has 1 saturated heterocycles. The van der Waals surface area contributed by atoms with E-state index in [1.165, 1.54) is 0 Å². The van der Waals surface area contributed by atoms with E-state index in [4.69, 9.17) is 10.5 Å².